The Balaban J connectivity index is 1.82. The molecule has 1 aliphatic rings. The van der Waals surface area contributed by atoms with Crippen LogP contribution >= 0.6 is 0 Å². The van der Waals surface area contributed by atoms with Crippen molar-refractivity contribution in [3.05, 3.63) is 24.2 Å². The fraction of sp³-hybridized carbons (Fsp3) is 0.667. The van der Waals surface area contributed by atoms with E-state index in [0.717, 1.165) is 31.8 Å². The summed E-state index contributed by atoms with van der Waals surface area (Å²) in [4.78, 5) is 2.42. The van der Waals surface area contributed by atoms with Crippen molar-refractivity contribution in [1.82, 2.24) is 4.90 Å². The van der Waals surface area contributed by atoms with Gasteiger partial charge >= 0.3 is 0 Å². The van der Waals surface area contributed by atoms with Gasteiger partial charge in [-0.25, -0.2) is 0 Å². The Hall–Kier alpha value is -0.800. The van der Waals surface area contributed by atoms with Crippen LogP contribution < -0.4 is 0 Å². The highest BCUT2D eigenvalue weighted by Gasteiger charge is 2.19. The highest BCUT2D eigenvalue weighted by molar-refractivity contribution is 4.98. The predicted molar refractivity (Wildman–Crippen MR) is 58.4 cm³/mol. The van der Waals surface area contributed by atoms with Gasteiger partial charge in [0, 0.05) is 13.2 Å². The van der Waals surface area contributed by atoms with Crippen molar-refractivity contribution in [1.29, 1.82) is 0 Å². The van der Waals surface area contributed by atoms with Crippen LogP contribution in [0.5, 0.6) is 0 Å². The zero-order valence-electron chi connectivity index (χ0n) is 9.06. The average Bonchev–Trinajstić information content (AvgIpc) is 2.71. The minimum atomic E-state index is 0.319. The van der Waals surface area contributed by atoms with Crippen molar-refractivity contribution < 1.29 is 9.52 Å². The molecular formula is C12H19NO2. The second-order valence-corrected chi connectivity index (χ2v) is 4.34. The van der Waals surface area contributed by atoms with E-state index in [-0.39, 0.29) is 0 Å². The summed E-state index contributed by atoms with van der Waals surface area (Å²) >= 11 is 0. The van der Waals surface area contributed by atoms with E-state index in [0.29, 0.717) is 12.5 Å². The molecule has 84 valence electrons. The zero-order chi connectivity index (χ0) is 10.5. The van der Waals surface area contributed by atoms with Gasteiger partial charge in [-0.2, -0.15) is 0 Å². The third kappa shape index (κ3) is 3.08. The normalized spacial score (nSPS) is 23.1. The largest absolute Gasteiger partial charge is 0.468 e. The summed E-state index contributed by atoms with van der Waals surface area (Å²) in [5, 5.41) is 8.92. The summed E-state index contributed by atoms with van der Waals surface area (Å²) in [6.45, 7) is 3.48. The summed E-state index contributed by atoms with van der Waals surface area (Å²) in [5.74, 6) is 1.71. The Kier molecular flexibility index (Phi) is 3.80. The molecule has 0 amide bonds. The van der Waals surface area contributed by atoms with E-state index in [2.05, 4.69) is 4.90 Å². The van der Waals surface area contributed by atoms with Gasteiger partial charge in [0.1, 0.15) is 5.76 Å². The third-order valence-corrected chi connectivity index (χ3v) is 3.10. The first-order valence-corrected chi connectivity index (χ1v) is 5.74. The summed E-state index contributed by atoms with van der Waals surface area (Å²) in [5.41, 5.74) is 0. The van der Waals surface area contributed by atoms with E-state index in [4.69, 9.17) is 9.52 Å². The van der Waals surface area contributed by atoms with Crippen molar-refractivity contribution in [2.75, 3.05) is 19.7 Å². The molecule has 1 saturated heterocycles. The summed E-state index contributed by atoms with van der Waals surface area (Å²) in [7, 11) is 0. The topological polar surface area (TPSA) is 36.6 Å². The molecule has 1 N–H and O–H groups in total. The molecule has 15 heavy (non-hydrogen) atoms. The Bertz CT molecular complexity index is 269. The van der Waals surface area contributed by atoms with Gasteiger partial charge in [-0.15, -0.1) is 0 Å². The second kappa shape index (κ2) is 5.33. The number of hydrogen-bond acceptors (Lipinski definition) is 3. The Morgan fingerprint density at radius 2 is 2.47 bits per heavy atom. The van der Waals surface area contributed by atoms with Crippen molar-refractivity contribution >= 4 is 0 Å². The molecule has 0 aromatic carbocycles. The SMILES string of the molecule is OCCC1CCCN(Cc2ccco2)C1. The molecule has 0 spiro atoms. The van der Waals surface area contributed by atoms with Crippen LogP contribution in [0.4, 0.5) is 0 Å². The van der Waals surface area contributed by atoms with E-state index < -0.39 is 0 Å². The second-order valence-electron chi connectivity index (χ2n) is 4.34. The van der Waals surface area contributed by atoms with Crippen LogP contribution in [0.1, 0.15) is 25.0 Å². The maximum atomic E-state index is 8.92. The quantitative estimate of drug-likeness (QED) is 0.822. The molecule has 0 radical (unpaired) electrons. The Morgan fingerprint density at radius 3 is 3.20 bits per heavy atom. The molecule has 2 rings (SSSR count). The van der Waals surface area contributed by atoms with Crippen LogP contribution in [0.15, 0.2) is 22.8 Å². The molecule has 1 unspecified atom stereocenters. The molecule has 1 aromatic heterocycles. The molecule has 3 heteroatoms. The van der Waals surface area contributed by atoms with E-state index in [1.54, 1.807) is 6.26 Å². The number of nitrogens with zero attached hydrogens (tertiary/aromatic N) is 1. The number of piperidine rings is 1. The third-order valence-electron chi connectivity index (χ3n) is 3.10. The highest BCUT2D eigenvalue weighted by Crippen LogP contribution is 2.20. The molecule has 2 heterocycles. The zero-order valence-corrected chi connectivity index (χ0v) is 9.06. The minimum Gasteiger partial charge on any atom is -0.468 e. The first kappa shape index (κ1) is 10.7. The first-order chi connectivity index (χ1) is 7.38. The number of aliphatic hydroxyl groups excluding tert-OH is 1. The van der Waals surface area contributed by atoms with Crippen molar-refractivity contribution in [3.63, 3.8) is 0 Å². The first-order valence-electron chi connectivity index (χ1n) is 5.74. The van der Waals surface area contributed by atoms with Gasteiger partial charge in [-0.3, -0.25) is 4.90 Å². The average molecular weight is 209 g/mol. The Morgan fingerprint density at radius 1 is 1.53 bits per heavy atom. The molecule has 3 nitrogen and oxygen atoms in total. The van der Waals surface area contributed by atoms with E-state index in [1.807, 2.05) is 12.1 Å². The van der Waals surface area contributed by atoms with E-state index in [9.17, 15) is 0 Å². The lowest BCUT2D eigenvalue weighted by Crippen LogP contribution is -2.35. The lowest BCUT2D eigenvalue weighted by molar-refractivity contribution is 0.135. The Labute approximate surface area is 90.7 Å². The number of furan rings is 1. The maximum Gasteiger partial charge on any atom is 0.117 e. The van der Waals surface area contributed by atoms with Gasteiger partial charge < -0.3 is 9.52 Å². The molecule has 1 atom stereocenters. The van der Waals surface area contributed by atoms with Gasteiger partial charge in [0.05, 0.1) is 12.8 Å². The van der Waals surface area contributed by atoms with Gasteiger partial charge in [-0.05, 0) is 43.9 Å². The van der Waals surface area contributed by atoms with Gasteiger partial charge in [-0.1, -0.05) is 0 Å². The summed E-state index contributed by atoms with van der Waals surface area (Å²) in [6.07, 6.45) is 5.17. The van der Waals surface area contributed by atoms with Crippen LogP contribution in [0, 0.1) is 5.92 Å². The fourth-order valence-corrected chi connectivity index (χ4v) is 2.34. The highest BCUT2D eigenvalue weighted by atomic mass is 16.3. The summed E-state index contributed by atoms with van der Waals surface area (Å²) in [6, 6.07) is 3.96. The number of hydrogen-bond donors (Lipinski definition) is 1. The molecule has 0 bridgehead atoms. The van der Waals surface area contributed by atoms with Crippen LogP contribution in [0.2, 0.25) is 0 Å². The molecule has 1 aromatic rings. The van der Waals surface area contributed by atoms with Crippen LogP contribution in [-0.2, 0) is 6.54 Å². The summed E-state index contributed by atoms with van der Waals surface area (Å²) < 4.78 is 5.34. The lowest BCUT2D eigenvalue weighted by Gasteiger charge is -2.31. The molecule has 1 aliphatic heterocycles. The van der Waals surface area contributed by atoms with Crippen LogP contribution in [-0.4, -0.2) is 29.7 Å². The number of aliphatic hydroxyl groups is 1. The number of rotatable bonds is 4. The molecular weight excluding hydrogens is 190 g/mol. The van der Waals surface area contributed by atoms with Gasteiger partial charge in [0.15, 0.2) is 0 Å². The maximum absolute atomic E-state index is 8.92. The predicted octanol–water partition coefficient (Wildman–Crippen LogP) is 1.87. The lowest BCUT2D eigenvalue weighted by atomic mass is 9.95. The van der Waals surface area contributed by atoms with Crippen LogP contribution in [0.3, 0.4) is 0 Å². The number of likely N-dealkylation sites (tertiary alicyclic amines) is 1. The smallest absolute Gasteiger partial charge is 0.117 e. The van der Waals surface area contributed by atoms with E-state index >= 15 is 0 Å². The fourth-order valence-electron chi connectivity index (χ4n) is 2.34. The van der Waals surface area contributed by atoms with Gasteiger partial charge in [0.25, 0.3) is 0 Å². The monoisotopic (exact) mass is 209 g/mol. The molecule has 0 saturated carbocycles. The van der Waals surface area contributed by atoms with Gasteiger partial charge in [0.2, 0.25) is 0 Å². The van der Waals surface area contributed by atoms with E-state index in [1.165, 1.54) is 12.8 Å². The molecule has 0 aliphatic carbocycles. The van der Waals surface area contributed by atoms with Crippen LogP contribution in [0.25, 0.3) is 0 Å². The minimum absolute atomic E-state index is 0.319. The molecule has 1 fully saturated rings. The van der Waals surface area contributed by atoms with Crippen molar-refractivity contribution in [3.8, 4) is 0 Å². The van der Waals surface area contributed by atoms with Crippen molar-refractivity contribution in [2.45, 2.75) is 25.8 Å². The van der Waals surface area contributed by atoms with Crippen molar-refractivity contribution in [2.24, 2.45) is 5.92 Å². The standard InChI is InChI=1S/C12H19NO2/c14-7-5-11-3-1-6-13(9-11)10-12-4-2-8-15-12/h2,4,8,11,14H,1,3,5-7,9-10H2.